The fourth-order valence-electron chi connectivity index (χ4n) is 3.24. The predicted molar refractivity (Wildman–Crippen MR) is 89.9 cm³/mol. The molecule has 4 heterocycles. The number of carbonyl (C=O) groups is 1. The number of nitrogens with zero attached hydrogens (tertiary/aromatic N) is 6. The highest BCUT2D eigenvalue weighted by Crippen LogP contribution is 2.22. The number of hydrogen-bond acceptors (Lipinski definition) is 5. The minimum absolute atomic E-state index is 0.0666. The number of aromatic nitrogens is 5. The summed E-state index contributed by atoms with van der Waals surface area (Å²) in [5.74, 6) is 0.460. The Balaban J connectivity index is 1.64. The predicted octanol–water partition coefficient (Wildman–Crippen LogP) is 1.33. The molecular formula is C17H20N6O2. The van der Waals surface area contributed by atoms with Crippen LogP contribution in [0.1, 0.15) is 47.0 Å². The smallest absolute Gasteiger partial charge is 0.273 e. The van der Waals surface area contributed by atoms with Crippen molar-refractivity contribution in [3.63, 3.8) is 0 Å². The van der Waals surface area contributed by atoms with Gasteiger partial charge in [0.05, 0.1) is 36.3 Å². The highest BCUT2D eigenvalue weighted by molar-refractivity contribution is 5.94. The van der Waals surface area contributed by atoms with Gasteiger partial charge in [0.1, 0.15) is 5.69 Å². The third-order valence-corrected chi connectivity index (χ3v) is 4.61. The lowest BCUT2D eigenvalue weighted by molar-refractivity contribution is 0.0697. The molecule has 8 heteroatoms. The molecule has 0 aliphatic carbocycles. The average Bonchev–Trinajstić information content (AvgIpc) is 3.19. The van der Waals surface area contributed by atoms with Gasteiger partial charge in [0.15, 0.2) is 0 Å². The van der Waals surface area contributed by atoms with Crippen LogP contribution >= 0.6 is 0 Å². The molecule has 0 radical (unpaired) electrons. The van der Waals surface area contributed by atoms with Crippen molar-refractivity contribution in [2.24, 2.45) is 0 Å². The second kappa shape index (κ2) is 5.96. The Morgan fingerprint density at radius 1 is 1.40 bits per heavy atom. The molecule has 3 aromatic rings. The molecule has 1 amide bonds. The maximum absolute atomic E-state index is 13.1. The van der Waals surface area contributed by atoms with Crippen molar-refractivity contribution in [2.75, 3.05) is 6.54 Å². The zero-order chi connectivity index (χ0) is 17.6. The molecule has 1 aliphatic heterocycles. The molecule has 1 atom stereocenters. The van der Waals surface area contributed by atoms with E-state index in [2.05, 4.69) is 15.1 Å². The molecule has 130 valence electrons. The first-order valence-electron chi connectivity index (χ1n) is 8.42. The van der Waals surface area contributed by atoms with Crippen molar-refractivity contribution in [1.29, 1.82) is 0 Å². The summed E-state index contributed by atoms with van der Waals surface area (Å²) in [6.45, 7) is 5.40. The number of aryl methyl sites for hydroxylation is 1. The molecular weight excluding hydrogens is 320 g/mol. The van der Waals surface area contributed by atoms with E-state index in [1.165, 1.54) is 0 Å². The Bertz CT molecular complexity index is 944. The van der Waals surface area contributed by atoms with Gasteiger partial charge >= 0.3 is 0 Å². The minimum atomic E-state index is -0.561. The van der Waals surface area contributed by atoms with Crippen LogP contribution in [-0.4, -0.2) is 46.6 Å². The second-order valence-electron chi connectivity index (χ2n) is 6.27. The maximum Gasteiger partial charge on any atom is 0.273 e. The standard InChI is InChI=1S/C17H20N6O2/c1-3-14(24)13-9-12-10-21(7-8-23(12)20-13)16(25)15-11(2)19-17-18-5-4-6-22(15)17/h4-6,9,14,24H,3,7-8,10H2,1-2H3. The van der Waals surface area contributed by atoms with E-state index in [4.69, 9.17) is 0 Å². The summed E-state index contributed by atoms with van der Waals surface area (Å²) in [5, 5.41) is 14.4. The summed E-state index contributed by atoms with van der Waals surface area (Å²) in [7, 11) is 0. The molecule has 0 spiro atoms. The van der Waals surface area contributed by atoms with E-state index in [1.54, 1.807) is 27.8 Å². The Morgan fingerprint density at radius 2 is 2.24 bits per heavy atom. The molecule has 4 rings (SSSR count). The molecule has 0 aromatic carbocycles. The number of hydrogen-bond donors (Lipinski definition) is 1. The third kappa shape index (κ3) is 2.58. The van der Waals surface area contributed by atoms with Gasteiger partial charge in [-0.15, -0.1) is 0 Å². The van der Waals surface area contributed by atoms with E-state index < -0.39 is 6.10 Å². The van der Waals surface area contributed by atoms with Crippen LogP contribution in [0.4, 0.5) is 0 Å². The van der Waals surface area contributed by atoms with Gasteiger partial charge in [-0.3, -0.25) is 13.9 Å². The number of rotatable bonds is 3. The fourth-order valence-corrected chi connectivity index (χ4v) is 3.24. The molecule has 0 saturated carbocycles. The first-order valence-corrected chi connectivity index (χ1v) is 8.42. The maximum atomic E-state index is 13.1. The Morgan fingerprint density at radius 3 is 3.04 bits per heavy atom. The quantitative estimate of drug-likeness (QED) is 0.777. The monoisotopic (exact) mass is 340 g/mol. The van der Waals surface area contributed by atoms with Gasteiger partial charge in [0, 0.05) is 18.9 Å². The third-order valence-electron chi connectivity index (χ3n) is 4.61. The van der Waals surface area contributed by atoms with Crippen molar-refractivity contribution >= 4 is 11.7 Å². The summed E-state index contributed by atoms with van der Waals surface area (Å²) in [5.41, 5.74) is 2.82. The minimum Gasteiger partial charge on any atom is -0.387 e. The summed E-state index contributed by atoms with van der Waals surface area (Å²) in [4.78, 5) is 23.4. The Hall–Kier alpha value is -2.74. The van der Waals surface area contributed by atoms with E-state index in [0.29, 0.717) is 48.9 Å². The molecule has 0 fully saturated rings. The number of amides is 1. The highest BCUT2D eigenvalue weighted by atomic mass is 16.3. The first-order chi connectivity index (χ1) is 12.1. The number of imidazole rings is 1. The van der Waals surface area contributed by atoms with Crippen molar-refractivity contribution in [2.45, 2.75) is 39.5 Å². The topological polar surface area (TPSA) is 88.5 Å². The zero-order valence-corrected chi connectivity index (χ0v) is 14.3. The van der Waals surface area contributed by atoms with Gasteiger partial charge in [-0.2, -0.15) is 5.10 Å². The van der Waals surface area contributed by atoms with E-state index in [0.717, 1.165) is 5.69 Å². The first kappa shape index (κ1) is 15.8. The molecule has 1 unspecified atom stereocenters. The van der Waals surface area contributed by atoms with Crippen LogP contribution in [0.15, 0.2) is 24.5 Å². The number of aliphatic hydroxyl groups excluding tert-OH is 1. The van der Waals surface area contributed by atoms with Crippen LogP contribution in [0, 0.1) is 6.92 Å². The molecule has 1 aliphatic rings. The molecule has 0 saturated heterocycles. The zero-order valence-electron chi connectivity index (χ0n) is 14.3. The van der Waals surface area contributed by atoms with Gasteiger partial charge in [0.2, 0.25) is 5.78 Å². The van der Waals surface area contributed by atoms with Gasteiger partial charge in [-0.25, -0.2) is 9.97 Å². The van der Waals surface area contributed by atoms with Gasteiger partial charge in [0.25, 0.3) is 5.91 Å². The van der Waals surface area contributed by atoms with E-state index >= 15 is 0 Å². The van der Waals surface area contributed by atoms with Gasteiger partial charge in [-0.1, -0.05) is 6.92 Å². The van der Waals surface area contributed by atoms with Crippen LogP contribution < -0.4 is 0 Å². The van der Waals surface area contributed by atoms with Crippen molar-refractivity contribution in [1.82, 2.24) is 29.0 Å². The van der Waals surface area contributed by atoms with Gasteiger partial charge in [-0.05, 0) is 25.5 Å². The highest BCUT2D eigenvalue weighted by Gasteiger charge is 2.27. The Kier molecular flexibility index (Phi) is 3.76. The Labute approximate surface area is 144 Å². The molecule has 0 bridgehead atoms. The average molecular weight is 340 g/mol. The summed E-state index contributed by atoms with van der Waals surface area (Å²) < 4.78 is 3.61. The van der Waals surface area contributed by atoms with Crippen molar-refractivity contribution in [3.8, 4) is 0 Å². The lowest BCUT2D eigenvalue weighted by Crippen LogP contribution is -2.39. The number of fused-ring (bicyclic) bond motifs is 2. The number of aliphatic hydroxyl groups is 1. The SMILES string of the molecule is CCC(O)c1cc2n(n1)CCN(C(=O)c1c(C)nc3ncccn13)C2. The lowest BCUT2D eigenvalue weighted by atomic mass is 10.2. The molecule has 25 heavy (non-hydrogen) atoms. The van der Waals surface area contributed by atoms with Crippen LogP contribution in [0.25, 0.3) is 5.78 Å². The van der Waals surface area contributed by atoms with E-state index in [9.17, 15) is 9.90 Å². The summed E-state index contributed by atoms with van der Waals surface area (Å²) in [6.07, 6.45) is 3.53. The number of carbonyl (C=O) groups excluding carboxylic acids is 1. The molecule has 8 nitrogen and oxygen atoms in total. The second-order valence-corrected chi connectivity index (χ2v) is 6.27. The van der Waals surface area contributed by atoms with Crippen LogP contribution in [0.2, 0.25) is 0 Å². The fraction of sp³-hybridized carbons (Fsp3) is 0.412. The lowest BCUT2D eigenvalue weighted by Gasteiger charge is -2.27. The van der Waals surface area contributed by atoms with Crippen molar-refractivity contribution in [3.05, 3.63) is 47.3 Å². The summed E-state index contributed by atoms with van der Waals surface area (Å²) in [6, 6.07) is 3.67. The molecule has 3 aromatic heterocycles. The van der Waals surface area contributed by atoms with Gasteiger partial charge < -0.3 is 10.0 Å². The largest absolute Gasteiger partial charge is 0.387 e. The van der Waals surface area contributed by atoms with E-state index in [1.807, 2.05) is 24.6 Å². The van der Waals surface area contributed by atoms with Crippen LogP contribution in [0.3, 0.4) is 0 Å². The normalized spacial score (nSPS) is 15.4. The van der Waals surface area contributed by atoms with Crippen molar-refractivity contribution < 1.29 is 9.90 Å². The van der Waals surface area contributed by atoms with Crippen LogP contribution in [0.5, 0.6) is 0 Å². The molecule has 1 N–H and O–H groups in total. The van der Waals surface area contributed by atoms with Crippen LogP contribution in [-0.2, 0) is 13.1 Å². The summed E-state index contributed by atoms with van der Waals surface area (Å²) >= 11 is 0. The van der Waals surface area contributed by atoms with E-state index in [-0.39, 0.29) is 5.91 Å².